The van der Waals surface area contributed by atoms with Crippen LogP contribution in [0.3, 0.4) is 0 Å². The Labute approximate surface area is 374 Å². The van der Waals surface area contributed by atoms with Gasteiger partial charge in [-0.15, -0.1) is 0 Å². The third-order valence-corrected chi connectivity index (χ3v) is 11.2. The number of carboxylic acids is 1. The molecular weight excluding hydrogens is 924 g/mol. The zero-order chi connectivity index (χ0) is 49.5. The van der Waals surface area contributed by atoms with Crippen molar-refractivity contribution in [3.8, 4) is 80.1 Å². The molecule has 0 aliphatic carbocycles. The lowest BCUT2D eigenvalue weighted by atomic mass is 9.76. The summed E-state index contributed by atoms with van der Waals surface area (Å²) in [5, 5.41) is 137. The Hall–Kier alpha value is -9.11. The van der Waals surface area contributed by atoms with Crippen LogP contribution in [0.4, 0.5) is 0 Å². The van der Waals surface area contributed by atoms with Crippen molar-refractivity contribution in [2.24, 2.45) is 5.92 Å². The average Bonchev–Trinajstić information content (AvgIpc) is 3.28. The Balaban J connectivity index is 1.39. The number of esters is 6. The van der Waals surface area contributed by atoms with Crippen LogP contribution < -0.4 is 4.74 Å². The Morgan fingerprint density at radius 1 is 0.588 bits per heavy atom. The Kier molecular flexibility index (Phi) is 11.0. The van der Waals surface area contributed by atoms with Gasteiger partial charge >= 0.3 is 41.8 Å². The quantitative estimate of drug-likeness (QED) is 0.0554. The van der Waals surface area contributed by atoms with Gasteiger partial charge in [0.1, 0.15) is 12.7 Å². The van der Waals surface area contributed by atoms with Gasteiger partial charge in [0.25, 0.3) is 0 Å². The number of benzene rings is 4. The maximum atomic E-state index is 14.6. The molecule has 0 saturated carbocycles. The third kappa shape index (κ3) is 7.31. The molecule has 1 fully saturated rings. The number of aromatic hydroxyl groups is 11. The number of hydrogen-bond acceptors (Lipinski definition) is 26. The maximum Gasteiger partial charge on any atom is 0.341 e. The van der Waals surface area contributed by atoms with E-state index in [9.17, 15) is 99.9 Å². The van der Waals surface area contributed by atoms with Gasteiger partial charge in [0.05, 0.1) is 34.6 Å². The molecule has 68 heavy (non-hydrogen) atoms. The number of rotatable bonds is 4. The number of fused-ring (bicyclic) bond motifs is 3. The molecule has 0 unspecified atom stereocenters. The molecule has 27 heteroatoms. The third-order valence-electron chi connectivity index (χ3n) is 11.2. The minimum Gasteiger partial charge on any atom is -0.504 e. The van der Waals surface area contributed by atoms with Crippen LogP contribution in [0, 0.1) is 5.92 Å². The molecule has 13 N–H and O–H groups in total. The van der Waals surface area contributed by atoms with Gasteiger partial charge in [-0.1, -0.05) is 0 Å². The molecule has 0 aromatic heterocycles. The summed E-state index contributed by atoms with van der Waals surface area (Å²) in [6.07, 6.45) is -16.3. The summed E-state index contributed by atoms with van der Waals surface area (Å²) < 4.78 is 38.8. The van der Waals surface area contributed by atoms with Crippen molar-refractivity contribution in [3.05, 3.63) is 58.1 Å². The van der Waals surface area contributed by atoms with Crippen LogP contribution >= 0.6 is 0 Å². The molecule has 4 aromatic rings. The van der Waals surface area contributed by atoms with Crippen LogP contribution in [0.25, 0.3) is 11.1 Å². The molecule has 0 spiro atoms. The predicted molar refractivity (Wildman–Crippen MR) is 206 cm³/mol. The number of cyclic esters (lactones) is 1. The van der Waals surface area contributed by atoms with Gasteiger partial charge in [-0.25, -0.2) is 24.0 Å². The van der Waals surface area contributed by atoms with Crippen molar-refractivity contribution in [1.82, 2.24) is 0 Å². The second-order valence-corrected chi connectivity index (χ2v) is 15.2. The number of phenols is 11. The summed E-state index contributed by atoms with van der Waals surface area (Å²) in [6.45, 7) is -1.31. The van der Waals surface area contributed by atoms with Crippen LogP contribution in [0.1, 0.15) is 59.3 Å². The summed E-state index contributed by atoms with van der Waals surface area (Å²) >= 11 is 0. The maximum absolute atomic E-state index is 14.6. The highest BCUT2D eigenvalue weighted by molar-refractivity contribution is 6.08. The van der Waals surface area contributed by atoms with Gasteiger partial charge in [0.15, 0.2) is 70.1 Å². The number of phenolic OH excluding ortho intramolecular Hbond substituents is 11. The summed E-state index contributed by atoms with van der Waals surface area (Å²) in [5.41, 5.74) is -7.08. The number of carbonyl (C=O) groups excluding carboxylic acids is 6. The SMILES string of the molecule is O=C(O)C[C@H]1C(=O)O[C@H]2[C@@H]3OC(=O)c4cc(O)c(O)c(O)c4-c4c(cc(O)c(O)c4O)C(=O)OC[C@H]2O[C@@H](OC(=O)c2cc(O)c(O)c(O)c2)[C@@H]3OC(=O)c2cc(O)c(O)c3c2[C@H]1[C@H](O)C(=O)O3. The smallest absolute Gasteiger partial charge is 0.341 e. The Bertz CT molecular complexity index is 2900. The number of aliphatic carboxylic acids is 1. The van der Waals surface area contributed by atoms with Gasteiger partial charge in [-0.05, 0) is 30.3 Å². The molecule has 356 valence electrons. The normalized spacial score (nSPS) is 24.3. The van der Waals surface area contributed by atoms with E-state index in [2.05, 4.69) is 0 Å². The largest absolute Gasteiger partial charge is 0.504 e. The van der Waals surface area contributed by atoms with Gasteiger partial charge in [0, 0.05) is 22.6 Å². The first-order valence-electron chi connectivity index (χ1n) is 19.2. The molecule has 4 bridgehead atoms. The van der Waals surface area contributed by atoms with Crippen LogP contribution in [-0.2, 0) is 42.8 Å². The summed E-state index contributed by atoms with van der Waals surface area (Å²) in [7, 11) is 0. The molecule has 4 aliphatic heterocycles. The fraction of sp³-hybridized carbons (Fsp3) is 0.244. The van der Waals surface area contributed by atoms with Crippen LogP contribution in [0.5, 0.6) is 69.0 Å². The van der Waals surface area contributed by atoms with Crippen molar-refractivity contribution in [3.63, 3.8) is 0 Å². The fourth-order valence-electron chi connectivity index (χ4n) is 8.04. The first-order valence-corrected chi connectivity index (χ1v) is 19.2. The zero-order valence-electron chi connectivity index (χ0n) is 33.4. The van der Waals surface area contributed by atoms with Crippen LogP contribution in [0.15, 0.2) is 30.3 Å². The van der Waals surface area contributed by atoms with Crippen molar-refractivity contribution < 1.29 is 133 Å². The molecule has 0 radical (unpaired) electrons. The van der Waals surface area contributed by atoms with E-state index in [1.54, 1.807) is 0 Å². The number of ether oxygens (including phenoxy) is 7. The number of carbonyl (C=O) groups is 7. The van der Waals surface area contributed by atoms with Gasteiger partial charge in [-0.2, -0.15) is 0 Å². The van der Waals surface area contributed by atoms with Crippen LogP contribution in [-0.4, -0.2) is 152 Å². The molecular formula is C41H30O27. The number of carboxylic acid groups (broad SMARTS) is 1. The highest BCUT2D eigenvalue weighted by atomic mass is 16.7. The lowest BCUT2D eigenvalue weighted by molar-refractivity contribution is -0.287. The van der Waals surface area contributed by atoms with E-state index in [-0.39, 0.29) is 0 Å². The summed E-state index contributed by atoms with van der Waals surface area (Å²) in [4.78, 5) is 96.8. The van der Waals surface area contributed by atoms with E-state index in [0.717, 1.165) is 0 Å². The Morgan fingerprint density at radius 3 is 1.69 bits per heavy atom. The molecule has 8 atom stereocenters. The van der Waals surface area contributed by atoms with E-state index in [4.69, 9.17) is 33.2 Å². The van der Waals surface area contributed by atoms with E-state index in [1.165, 1.54) is 0 Å². The highest BCUT2D eigenvalue weighted by Crippen LogP contribution is 2.54. The number of hydrogen-bond donors (Lipinski definition) is 13. The van der Waals surface area contributed by atoms with Crippen molar-refractivity contribution in [1.29, 1.82) is 0 Å². The topological polar surface area (TPSA) is 447 Å². The van der Waals surface area contributed by atoms with E-state index in [0.29, 0.717) is 30.3 Å². The minimum absolute atomic E-state index is 0.361. The molecule has 1 saturated heterocycles. The lowest BCUT2D eigenvalue weighted by Gasteiger charge is -2.44. The fourth-order valence-corrected chi connectivity index (χ4v) is 8.04. The Morgan fingerprint density at radius 2 is 1.10 bits per heavy atom. The molecule has 0 amide bonds. The summed E-state index contributed by atoms with van der Waals surface area (Å²) in [5.74, 6) is -32.0. The molecule has 8 rings (SSSR count). The average molecular weight is 955 g/mol. The monoisotopic (exact) mass is 954 g/mol. The lowest BCUT2D eigenvalue weighted by Crippen LogP contribution is -2.63. The number of aliphatic hydroxyl groups is 1. The van der Waals surface area contributed by atoms with Gasteiger partial charge < -0.3 is 99.5 Å². The van der Waals surface area contributed by atoms with Crippen molar-refractivity contribution in [2.45, 2.75) is 49.1 Å². The highest BCUT2D eigenvalue weighted by Gasteiger charge is 2.58. The second-order valence-electron chi connectivity index (χ2n) is 15.2. The second kappa shape index (κ2) is 16.4. The first kappa shape index (κ1) is 45.5. The van der Waals surface area contributed by atoms with E-state index >= 15 is 0 Å². The van der Waals surface area contributed by atoms with E-state index < -0.39 is 211 Å². The van der Waals surface area contributed by atoms with Crippen LogP contribution in [0.2, 0.25) is 0 Å². The van der Waals surface area contributed by atoms with Crippen molar-refractivity contribution >= 4 is 41.8 Å². The molecule has 4 aliphatic rings. The minimum atomic E-state index is -2.58. The van der Waals surface area contributed by atoms with Gasteiger partial charge in [0.2, 0.25) is 29.6 Å². The molecule has 27 nitrogen and oxygen atoms in total. The van der Waals surface area contributed by atoms with Crippen molar-refractivity contribution in [2.75, 3.05) is 6.61 Å². The van der Waals surface area contributed by atoms with E-state index in [1.807, 2.05) is 0 Å². The standard InChI is InChI=1S/C41H30O27/c42-13-1-8(2-14(43)24(13)49)35(56)68-41-34-33-31(64-39(60)12(6-19(47)48)22-23-11(38(59)67-34)5-17(46)27(52)32(23)65-40(61)30(22)55)18(63-41)7-62-36(57)9-3-15(44)25(50)28(53)20(9)21-10(37(58)66-33)4-16(45)26(51)29(21)54/h1-5,12,18,22,30-31,33-34,41-46,49-55H,6-7H2,(H,47,48)/t12-,18-,22+,30+,31-,33+,34-,41+/m1/s1. The summed E-state index contributed by atoms with van der Waals surface area (Å²) in [6, 6.07) is 2.36. The predicted octanol–water partition coefficient (Wildman–Crippen LogP) is -0.00170. The molecule has 4 aromatic carbocycles. The first-order chi connectivity index (χ1) is 32.0. The van der Waals surface area contributed by atoms with Gasteiger partial charge in [-0.3, -0.25) is 9.59 Å². The molecule has 4 heterocycles. The number of aliphatic hydroxyl groups excluding tert-OH is 1. The zero-order valence-corrected chi connectivity index (χ0v) is 33.4.